The molecule has 1 aromatic heterocycles. The minimum atomic E-state index is -0.512. The lowest BCUT2D eigenvalue weighted by Gasteiger charge is -2.25. The van der Waals surface area contributed by atoms with E-state index in [1.807, 2.05) is 68.4 Å². The van der Waals surface area contributed by atoms with Crippen LogP contribution in [0.4, 0.5) is 0 Å². The Hall–Kier alpha value is -3.86. The summed E-state index contributed by atoms with van der Waals surface area (Å²) in [5, 5.41) is 0.515. The molecule has 196 valence electrons. The summed E-state index contributed by atoms with van der Waals surface area (Å²) in [5.74, 6) is 0.705. The Morgan fingerprint density at radius 1 is 0.895 bits per heavy atom. The first-order valence-corrected chi connectivity index (χ1v) is 13.6. The molecule has 1 aliphatic rings. The van der Waals surface area contributed by atoms with Crippen LogP contribution in [0, 0.1) is 13.8 Å². The summed E-state index contributed by atoms with van der Waals surface area (Å²) in [4.78, 5) is 29.4. The molecule has 3 aromatic carbocycles. The van der Waals surface area contributed by atoms with Crippen molar-refractivity contribution in [3.63, 3.8) is 0 Å². The Morgan fingerprint density at radius 3 is 2.37 bits per heavy atom. The molecule has 1 unspecified atom stereocenters. The minimum Gasteiger partial charge on any atom is -0.494 e. The van der Waals surface area contributed by atoms with Gasteiger partial charge >= 0.3 is 0 Å². The van der Waals surface area contributed by atoms with E-state index in [1.54, 1.807) is 4.90 Å². The molecule has 5 nitrogen and oxygen atoms in total. The van der Waals surface area contributed by atoms with Crippen LogP contribution >= 0.6 is 0 Å². The van der Waals surface area contributed by atoms with Crippen molar-refractivity contribution < 1.29 is 13.9 Å². The zero-order valence-electron chi connectivity index (χ0n) is 22.5. The van der Waals surface area contributed by atoms with Crippen LogP contribution in [0.5, 0.6) is 5.75 Å². The number of unbranched alkanes of at least 4 members (excludes halogenated alkanes) is 3. The summed E-state index contributed by atoms with van der Waals surface area (Å²) in [6, 6.07) is 21.1. The second kappa shape index (κ2) is 11.3. The number of nitrogens with zero attached hydrogens (tertiary/aromatic N) is 1. The highest BCUT2D eigenvalue weighted by molar-refractivity contribution is 5.99. The van der Waals surface area contributed by atoms with Gasteiger partial charge in [0.05, 0.1) is 23.6 Å². The number of carbonyl (C=O) groups is 1. The predicted octanol–water partition coefficient (Wildman–Crippen LogP) is 7.16. The molecule has 0 fully saturated rings. The lowest BCUT2D eigenvalue weighted by Crippen LogP contribution is -2.31. The summed E-state index contributed by atoms with van der Waals surface area (Å²) < 4.78 is 12.1. The molecule has 0 N–H and O–H groups in total. The zero-order chi connectivity index (χ0) is 26.6. The molecule has 4 aromatic rings. The van der Waals surface area contributed by atoms with E-state index >= 15 is 0 Å². The van der Waals surface area contributed by atoms with Gasteiger partial charge in [-0.05, 0) is 73.2 Å². The van der Waals surface area contributed by atoms with E-state index in [9.17, 15) is 9.59 Å². The number of rotatable bonds is 10. The van der Waals surface area contributed by atoms with Gasteiger partial charge in [-0.25, -0.2) is 0 Å². The van der Waals surface area contributed by atoms with E-state index in [0.29, 0.717) is 36.1 Å². The van der Waals surface area contributed by atoms with E-state index in [-0.39, 0.29) is 17.1 Å². The van der Waals surface area contributed by atoms with Gasteiger partial charge in [0, 0.05) is 6.54 Å². The molecule has 2 heterocycles. The Bertz CT molecular complexity index is 1490. The maximum absolute atomic E-state index is 13.9. The van der Waals surface area contributed by atoms with Crippen molar-refractivity contribution in [2.45, 2.75) is 58.9 Å². The number of carbonyl (C=O) groups excluding carboxylic acids is 1. The summed E-state index contributed by atoms with van der Waals surface area (Å²) >= 11 is 0. The van der Waals surface area contributed by atoms with Gasteiger partial charge in [-0.2, -0.15) is 0 Å². The van der Waals surface area contributed by atoms with E-state index in [1.165, 1.54) is 12.8 Å². The Labute approximate surface area is 224 Å². The van der Waals surface area contributed by atoms with Crippen molar-refractivity contribution in [1.29, 1.82) is 0 Å². The van der Waals surface area contributed by atoms with Crippen molar-refractivity contribution in [3.8, 4) is 5.75 Å². The first-order valence-electron chi connectivity index (χ1n) is 13.6. The van der Waals surface area contributed by atoms with Gasteiger partial charge in [-0.3, -0.25) is 9.59 Å². The van der Waals surface area contributed by atoms with Crippen LogP contribution < -0.4 is 10.2 Å². The van der Waals surface area contributed by atoms with Crippen LogP contribution in [0.2, 0.25) is 0 Å². The maximum atomic E-state index is 13.9. The third-order valence-corrected chi connectivity index (χ3v) is 7.53. The highest BCUT2D eigenvalue weighted by Crippen LogP contribution is 2.39. The average molecular weight is 510 g/mol. The molecule has 38 heavy (non-hydrogen) atoms. The molecule has 1 amide bonds. The molecule has 1 aliphatic heterocycles. The SMILES string of the molecule is CCCCCCOc1ccc(C2c3c(oc4cc(C)c(C)cc4c3=O)C(=O)N2CCc2ccccc2)cc1. The number of ether oxygens (including phenoxy) is 1. The Balaban J connectivity index is 1.51. The van der Waals surface area contributed by atoms with E-state index < -0.39 is 6.04 Å². The first-order chi connectivity index (χ1) is 18.5. The summed E-state index contributed by atoms with van der Waals surface area (Å²) in [7, 11) is 0. The van der Waals surface area contributed by atoms with Gasteiger partial charge in [-0.15, -0.1) is 0 Å². The summed E-state index contributed by atoms with van der Waals surface area (Å²) in [5.41, 5.74) is 4.80. The molecule has 1 atom stereocenters. The summed E-state index contributed by atoms with van der Waals surface area (Å²) in [6.45, 7) is 7.31. The first kappa shape index (κ1) is 25.8. The fourth-order valence-corrected chi connectivity index (χ4v) is 5.21. The Kier molecular flexibility index (Phi) is 7.64. The highest BCUT2D eigenvalue weighted by atomic mass is 16.5. The Morgan fingerprint density at radius 2 is 1.63 bits per heavy atom. The van der Waals surface area contributed by atoms with Crippen LogP contribution in [0.3, 0.4) is 0 Å². The molecule has 0 aliphatic carbocycles. The monoisotopic (exact) mass is 509 g/mol. The molecule has 5 heteroatoms. The molecule has 0 saturated heterocycles. The molecule has 0 radical (unpaired) electrons. The van der Waals surface area contributed by atoms with Gasteiger partial charge in [-0.1, -0.05) is 68.7 Å². The van der Waals surface area contributed by atoms with Gasteiger partial charge in [0.1, 0.15) is 11.3 Å². The van der Waals surface area contributed by atoms with Crippen LogP contribution in [-0.2, 0) is 6.42 Å². The van der Waals surface area contributed by atoms with Crippen LogP contribution in [0.1, 0.15) is 77.0 Å². The zero-order valence-corrected chi connectivity index (χ0v) is 22.5. The number of fused-ring (bicyclic) bond motifs is 2. The molecule has 0 saturated carbocycles. The molecular formula is C33H35NO4. The van der Waals surface area contributed by atoms with E-state index in [4.69, 9.17) is 9.15 Å². The topological polar surface area (TPSA) is 59.8 Å². The number of hydrogen-bond acceptors (Lipinski definition) is 4. The summed E-state index contributed by atoms with van der Waals surface area (Å²) in [6.07, 6.45) is 5.28. The molecule has 5 rings (SSSR count). The van der Waals surface area contributed by atoms with Crippen molar-refractivity contribution in [2.24, 2.45) is 0 Å². The van der Waals surface area contributed by atoms with Crippen molar-refractivity contribution >= 4 is 16.9 Å². The lowest BCUT2D eigenvalue weighted by molar-refractivity contribution is 0.0730. The van der Waals surface area contributed by atoms with Crippen molar-refractivity contribution in [2.75, 3.05) is 13.2 Å². The number of benzene rings is 3. The quantitative estimate of drug-likeness (QED) is 0.213. The standard InChI is InChI=1S/C33H35NO4/c1-4-5-6-10-19-37-26-15-13-25(14-16-26)30-29-31(35)27-20-22(2)23(3)21-28(27)38-32(29)33(36)34(30)18-17-24-11-8-7-9-12-24/h7-9,11-16,20-21,30H,4-6,10,17-19H2,1-3H3. The van der Waals surface area contributed by atoms with Gasteiger partial charge in [0.15, 0.2) is 5.43 Å². The van der Waals surface area contributed by atoms with Crippen LogP contribution in [0.25, 0.3) is 11.0 Å². The van der Waals surface area contributed by atoms with E-state index in [0.717, 1.165) is 40.8 Å². The van der Waals surface area contributed by atoms with Crippen molar-refractivity contribution in [3.05, 3.63) is 111 Å². The molecule has 0 spiro atoms. The largest absolute Gasteiger partial charge is 0.494 e. The fraction of sp³-hybridized carbons (Fsp3) is 0.333. The average Bonchev–Trinajstić information content (AvgIpc) is 3.21. The van der Waals surface area contributed by atoms with Crippen molar-refractivity contribution in [1.82, 2.24) is 4.90 Å². The maximum Gasteiger partial charge on any atom is 0.290 e. The fourth-order valence-electron chi connectivity index (χ4n) is 5.21. The third-order valence-electron chi connectivity index (χ3n) is 7.53. The van der Waals surface area contributed by atoms with Gasteiger partial charge in [0.2, 0.25) is 5.76 Å². The number of amides is 1. The lowest BCUT2D eigenvalue weighted by atomic mass is 9.97. The number of aryl methyl sites for hydroxylation is 2. The molecular weight excluding hydrogens is 474 g/mol. The van der Waals surface area contributed by atoms with E-state index in [2.05, 4.69) is 19.1 Å². The van der Waals surface area contributed by atoms with Gasteiger partial charge < -0.3 is 14.1 Å². The third kappa shape index (κ3) is 5.10. The smallest absolute Gasteiger partial charge is 0.290 e. The second-order valence-electron chi connectivity index (χ2n) is 10.2. The predicted molar refractivity (Wildman–Crippen MR) is 151 cm³/mol. The minimum absolute atomic E-state index is 0.138. The van der Waals surface area contributed by atoms with Gasteiger partial charge in [0.25, 0.3) is 5.91 Å². The molecule has 0 bridgehead atoms. The van der Waals surface area contributed by atoms with Crippen LogP contribution in [0.15, 0.2) is 75.9 Å². The number of hydrogen-bond donors (Lipinski definition) is 0. The van der Waals surface area contributed by atoms with Crippen LogP contribution in [-0.4, -0.2) is 24.0 Å². The second-order valence-corrected chi connectivity index (χ2v) is 10.2. The normalized spacial score (nSPS) is 14.8. The highest BCUT2D eigenvalue weighted by Gasteiger charge is 2.42.